The third kappa shape index (κ3) is 5.02. The van der Waals surface area contributed by atoms with E-state index in [1.54, 1.807) is 0 Å². The molecular formula is C27H37N5O2. The van der Waals surface area contributed by atoms with Gasteiger partial charge in [-0.15, -0.1) is 0 Å². The summed E-state index contributed by atoms with van der Waals surface area (Å²) in [5.41, 5.74) is 5.86. The van der Waals surface area contributed by atoms with E-state index in [2.05, 4.69) is 59.4 Å². The van der Waals surface area contributed by atoms with Gasteiger partial charge >= 0.3 is 0 Å². The van der Waals surface area contributed by atoms with Crippen LogP contribution in [0, 0.1) is 12.8 Å². The second-order valence-corrected chi connectivity index (χ2v) is 10.5. The fraction of sp³-hybridized carbons (Fsp3) is 0.593. The molecule has 2 saturated carbocycles. The molecule has 2 unspecified atom stereocenters. The molecule has 2 aliphatic rings. The topological polar surface area (TPSA) is 75.8 Å². The predicted octanol–water partition coefficient (Wildman–Crippen LogP) is 4.37. The molecule has 2 fully saturated rings. The molecular weight excluding hydrogens is 426 g/mol. The van der Waals surface area contributed by atoms with Gasteiger partial charge in [0.1, 0.15) is 6.61 Å². The predicted molar refractivity (Wildman–Crippen MR) is 133 cm³/mol. The number of aliphatic hydroxyl groups is 1. The van der Waals surface area contributed by atoms with Gasteiger partial charge in [-0.2, -0.15) is 5.10 Å². The smallest absolute Gasteiger partial charge is 0.153 e. The molecule has 0 aliphatic heterocycles. The van der Waals surface area contributed by atoms with Crippen LogP contribution in [0.15, 0.2) is 30.9 Å². The summed E-state index contributed by atoms with van der Waals surface area (Å²) in [5.74, 6) is 2.04. The first-order valence-electron chi connectivity index (χ1n) is 12.7. The van der Waals surface area contributed by atoms with E-state index in [-0.39, 0.29) is 12.2 Å². The molecule has 182 valence electrons. The minimum Gasteiger partial charge on any atom is -0.390 e. The zero-order valence-corrected chi connectivity index (χ0v) is 20.7. The molecule has 2 atom stereocenters. The Labute approximate surface area is 202 Å². The number of aliphatic hydroxyl groups excluding tert-OH is 1. The Morgan fingerprint density at radius 1 is 1.06 bits per heavy atom. The van der Waals surface area contributed by atoms with E-state index < -0.39 is 0 Å². The molecule has 5 rings (SSSR count). The van der Waals surface area contributed by atoms with Crippen molar-refractivity contribution in [3.8, 4) is 11.1 Å². The van der Waals surface area contributed by atoms with Crippen LogP contribution >= 0.6 is 0 Å². The average Bonchev–Trinajstić information content (AvgIpc) is 3.43. The van der Waals surface area contributed by atoms with Crippen molar-refractivity contribution in [1.82, 2.24) is 24.5 Å². The highest BCUT2D eigenvalue weighted by atomic mass is 16.5. The Bertz CT molecular complexity index is 1100. The maximum atomic E-state index is 9.95. The number of pyridine rings is 1. The summed E-state index contributed by atoms with van der Waals surface area (Å²) in [6, 6.07) is 2.26. The molecule has 0 amide bonds. The molecule has 3 aromatic rings. The Kier molecular flexibility index (Phi) is 6.95. The van der Waals surface area contributed by atoms with Gasteiger partial charge in [0.15, 0.2) is 5.82 Å². The van der Waals surface area contributed by atoms with Gasteiger partial charge in [-0.25, -0.2) is 14.5 Å². The number of ether oxygens (including phenoxy) is 1. The van der Waals surface area contributed by atoms with Crippen molar-refractivity contribution in [3.63, 3.8) is 0 Å². The van der Waals surface area contributed by atoms with Crippen LogP contribution in [0.2, 0.25) is 0 Å². The monoisotopic (exact) mass is 463 g/mol. The summed E-state index contributed by atoms with van der Waals surface area (Å²) in [6.07, 6.45) is 15.3. The van der Waals surface area contributed by atoms with Gasteiger partial charge in [0.25, 0.3) is 0 Å². The van der Waals surface area contributed by atoms with E-state index in [4.69, 9.17) is 4.74 Å². The molecule has 7 heteroatoms. The lowest BCUT2D eigenvalue weighted by Gasteiger charge is -2.30. The molecule has 2 aliphatic carbocycles. The largest absolute Gasteiger partial charge is 0.390 e. The van der Waals surface area contributed by atoms with E-state index in [9.17, 15) is 5.11 Å². The highest BCUT2D eigenvalue weighted by Gasteiger charge is 2.27. The highest BCUT2D eigenvalue weighted by Crippen LogP contribution is 2.38. The lowest BCUT2D eigenvalue weighted by Crippen LogP contribution is -2.25. The molecule has 0 radical (unpaired) electrons. The van der Waals surface area contributed by atoms with Crippen molar-refractivity contribution < 1.29 is 9.84 Å². The summed E-state index contributed by atoms with van der Waals surface area (Å²) >= 11 is 0. The van der Waals surface area contributed by atoms with Crippen LogP contribution in [0.4, 0.5) is 0 Å². The highest BCUT2D eigenvalue weighted by molar-refractivity contribution is 5.72. The van der Waals surface area contributed by atoms with Gasteiger partial charge in [-0.3, -0.25) is 0 Å². The summed E-state index contributed by atoms with van der Waals surface area (Å²) in [6.45, 7) is 3.64. The molecule has 3 heterocycles. The van der Waals surface area contributed by atoms with Crippen LogP contribution in [-0.4, -0.2) is 62.4 Å². The van der Waals surface area contributed by atoms with E-state index >= 15 is 0 Å². The van der Waals surface area contributed by atoms with Crippen molar-refractivity contribution in [1.29, 1.82) is 0 Å². The van der Waals surface area contributed by atoms with Crippen molar-refractivity contribution in [3.05, 3.63) is 47.8 Å². The van der Waals surface area contributed by atoms with Gasteiger partial charge in [0.2, 0.25) is 0 Å². The van der Waals surface area contributed by atoms with E-state index in [0.717, 1.165) is 41.9 Å². The number of fused-ring (bicyclic) bond motifs is 1. The normalized spacial score (nSPS) is 25.4. The van der Waals surface area contributed by atoms with Gasteiger partial charge in [-0.05, 0) is 95.0 Å². The fourth-order valence-corrected chi connectivity index (χ4v) is 5.79. The fourth-order valence-electron chi connectivity index (χ4n) is 5.79. The second kappa shape index (κ2) is 10.1. The molecule has 0 saturated heterocycles. The van der Waals surface area contributed by atoms with Crippen LogP contribution in [-0.2, 0) is 11.3 Å². The van der Waals surface area contributed by atoms with Gasteiger partial charge in [0.05, 0.1) is 23.9 Å². The SMILES string of the molecule is Cc1cn2ncc(C3CCC(CN(C)C)CC3)c2cc1-c1cnc(COC2CCCC2O)nc1. The molecule has 34 heavy (non-hydrogen) atoms. The average molecular weight is 464 g/mol. The zero-order valence-electron chi connectivity index (χ0n) is 20.7. The first kappa shape index (κ1) is 23.4. The number of nitrogens with zero attached hydrogens (tertiary/aromatic N) is 5. The Morgan fingerprint density at radius 3 is 2.50 bits per heavy atom. The first-order valence-corrected chi connectivity index (χ1v) is 12.7. The summed E-state index contributed by atoms with van der Waals surface area (Å²) in [5, 5.41) is 14.6. The van der Waals surface area contributed by atoms with Crippen LogP contribution in [0.5, 0.6) is 0 Å². The zero-order chi connectivity index (χ0) is 23.7. The lowest BCUT2D eigenvalue weighted by atomic mass is 9.79. The summed E-state index contributed by atoms with van der Waals surface area (Å²) in [7, 11) is 4.34. The van der Waals surface area contributed by atoms with E-state index in [0.29, 0.717) is 18.3 Å². The van der Waals surface area contributed by atoms with Crippen LogP contribution < -0.4 is 0 Å². The number of rotatable bonds is 7. The Balaban J connectivity index is 1.31. The van der Waals surface area contributed by atoms with E-state index in [1.165, 1.54) is 43.3 Å². The van der Waals surface area contributed by atoms with Crippen molar-refractivity contribution >= 4 is 5.52 Å². The molecule has 7 nitrogen and oxygen atoms in total. The third-order valence-corrected chi connectivity index (χ3v) is 7.66. The maximum absolute atomic E-state index is 9.95. The number of hydrogen-bond acceptors (Lipinski definition) is 6. The van der Waals surface area contributed by atoms with Crippen molar-refractivity contribution in [2.75, 3.05) is 20.6 Å². The van der Waals surface area contributed by atoms with Crippen LogP contribution in [0.25, 0.3) is 16.6 Å². The molecule has 0 spiro atoms. The number of aromatic nitrogens is 4. The van der Waals surface area contributed by atoms with Crippen molar-refractivity contribution in [2.45, 2.75) is 76.6 Å². The van der Waals surface area contributed by atoms with Gasteiger partial charge < -0.3 is 14.7 Å². The Hall–Kier alpha value is -2.35. The maximum Gasteiger partial charge on any atom is 0.153 e. The minimum absolute atomic E-state index is 0.0915. The van der Waals surface area contributed by atoms with E-state index in [1.807, 2.05) is 16.9 Å². The summed E-state index contributed by atoms with van der Waals surface area (Å²) < 4.78 is 7.86. The molecule has 3 aromatic heterocycles. The lowest BCUT2D eigenvalue weighted by molar-refractivity contribution is -0.0295. The summed E-state index contributed by atoms with van der Waals surface area (Å²) in [4.78, 5) is 11.4. The first-order chi connectivity index (χ1) is 16.5. The third-order valence-electron chi connectivity index (χ3n) is 7.66. The van der Waals surface area contributed by atoms with Gasteiger partial charge in [0, 0.05) is 36.3 Å². The number of hydrogen-bond donors (Lipinski definition) is 1. The quantitative estimate of drug-likeness (QED) is 0.561. The molecule has 1 N–H and O–H groups in total. The molecule has 0 aromatic carbocycles. The minimum atomic E-state index is -0.360. The molecule has 0 bridgehead atoms. The van der Waals surface area contributed by atoms with Crippen LogP contribution in [0.1, 0.15) is 67.8 Å². The number of aryl methyl sites for hydroxylation is 1. The van der Waals surface area contributed by atoms with Crippen LogP contribution in [0.3, 0.4) is 0 Å². The standard InChI is InChI=1S/C27H37N5O2/c1-18-15-32-24(23(14-30-32)20-9-7-19(8-10-20)16-31(2)3)11-22(18)21-12-28-27(29-13-21)17-34-26-6-4-5-25(26)33/h11-15,19-20,25-26,33H,4-10,16-17H2,1-3H3. The second-order valence-electron chi connectivity index (χ2n) is 10.5. The van der Waals surface area contributed by atoms with Gasteiger partial charge in [-0.1, -0.05) is 0 Å². The Morgan fingerprint density at radius 2 is 1.82 bits per heavy atom. The van der Waals surface area contributed by atoms with Crippen molar-refractivity contribution in [2.24, 2.45) is 5.92 Å².